The highest BCUT2D eigenvalue weighted by atomic mass is 16.4. The molecule has 0 aromatic heterocycles. The van der Waals surface area contributed by atoms with Gasteiger partial charge in [0.2, 0.25) is 0 Å². The molecule has 1 unspecified atom stereocenters. The first-order valence-electron chi connectivity index (χ1n) is 8.05. The third kappa shape index (κ3) is 5.50. The molecular formula is C18H29NO2. The second kappa shape index (κ2) is 8.83. The van der Waals surface area contributed by atoms with E-state index in [1.165, 1.54) is 18.4 Å². The van der Waals surface area contributed by atoms with Crippen LogP contribution < -0.4 is 0 Å². The third-order valence-electron chi connectivity index (χ3n) is 4.37. The van der Waals surface area contributed by atoms with Gasteiger partial charge < -0.3 is 5.11 Å². The molecule has 0 amide bonds. The summed E-state index contributed by atoms with van der Waals surface area (Å²) in [7, 11) is 0. The fraction of sp³-hybridized carbons (Fsp3) is 0.611. The Hall–Kier alpha value is -1.35. The Morgan fingerprint density at radius 1 is 1.14 bits per heavy atom. The SMILES string of the molecule is CCC(CC)CN(CC)Cc1ccc(C(C)C(=O)O)cc1. The lowest BCUT2D eigenvalue weighted by Crippen LogP contribution is -2.28. The summed E-state index contributed by atoms with van der Waals surface area (Å²) >= 11 is 0. The molecule has 0 saturated heterocycles. The Labute approximate surface area is 129 Å². The van der Waals surface area contributed by atoms with Gasteiger partial charge >= 0.3 is 5.97 Å². The van der Waals surface area contributed by atoms with Gasteiger partial charge in [0, 0.05) is 13.1 Å². The van der Waals surface area contributed by atoms with E-state index < -0.39 is 11.9 Å². The van der Waals surface area contributed by atoms with E-state index in [1.807, 2.05) is 12.1 Å². The first-order chi connectivity index (χ1) is 10.0. The summed E-state index contributed by atoms with van der Waals surface area (Å²) in [6.07, 6.45) is 2.45. The molecule has 0 spiro atoms. The molecule has 0 aliphatic rings. The number of hydrogen-bond donors (Lipinski definition) is 1. The number of aliphatic carboxylic acids is 1. The normalized spacial score (nSPS) is 12.9. The largest absolute Gasteiger partial charge is 0.481 e. The number of carbonyl (C=O) groups is 1. The van der Waals surface area contributed by atoms with E-state index in [-0.39, 0.29) is 0 Å². The summed E-state index contributed by atoms with van der Waals surface area (Å²) in [6.45, 7) is 11.6. The van der Waals surface area contributed by atoms with Crippen LogP contribution in [0.5, 0.6) is 0 Å². The van der Waals surface area contributed by atoms with Crippen molar-refractivity contribution >= 4 is 5.97 Å². The van der Waals surface area contributed by atoms with Gasteiger partial charge in [0.25, 0.3) is 0 Å². The average molecular weight is 291 g/mol. The van der Waals surface area contributed by atoms with Crippen molar-refractivity contribution in [3.63, 3.8) is 0 Å². The molecule has 21 heavy (non-hydrogen) atoms. The predicted octanol–water partition coefficient (Wildman–Crippen LogP) is 4.13. The van der Waals surface area contributed by atoms with Crippen LogP contribution in [0.3, 0.4) is 0 Å². The number of carboxylic acids is 1. The Bertz CT molecular complexity index is 423. The van der Waals surface area contributed by atoms with E-state index in [1.54, 1.807) is 6.92 Å². The summed E-state index contributed by atoms with van der Waals surface area (Å²) in [5, 5.41) is 9.03. The van der Waals surface area contributed by atoms with Crippen molar-refractivity contribution in [2.24, 2.45) is 5.92 Å². The summed E-state index contributed by atoms with van der Waals surface area (Å²) in [6, 6.07) is 8.01. The van der Waals surface area contributed by atoms with Crippen molar-refractivity contribution in [2.45, 2.75) is 53.0 Å². The first-order valence-corrected chi connectivity index (χ1v) is 8.05. The van der Waals surface area contributed by atoms with Crippen molar-refractivity contribution in [2.75, 3.05) is 13.1 Å². The molecule has 118 valence electrons. The summed E-state index contributed by atoms with van der Waals surface area (Å²) < 4.78 is 0. The molecule has 1 rings (SSSR count). The highest BCUT2D eigenvalue weighted by Gasteiger charge is 2.14. The molecule has 0 saturated carbocycles. The molecule has 0 fully saturated rings. The van der Waals surface area contributed by atoms with Crippen LogP contribution in [0.15, 0.2) is 24.3 Å². The van der Waals surface area contributed by atoms with Crippen LogP contribution in [0.4, 0.5) is 0 Å². The highest BCUT2D eigenvalue weighted by Crippen LogP contribution is 2.18. The Morgan fingerprint density at radius 2 is 1.71 bits per heavy atom. The quantitative estimate of drug-likeness (QED) is 0.743. The van der Waals surface area contributed by atoms with Crippen molar-refractivity contribution in [1.82, 2.24) is 4.90 Å². The molecule has 0 aliphatic heterocycles. The second-order valence-electron chi connectivity index (χ2n) is 5.81. The second-order valence-corrected chi connectivity index (χ2v) is 5.81. The molecule has 0 aliphatic carbocycles. The number of carboxylic acid groups (broad SMARTS) is 1. The smallest absolute Gasteiger partial charge is 0.310 e. The van der Waals surface area contributed by atoms with E-state index in [0.29, 0.717) is 0 Å². The van der Waals surface area contributed by atoms with Gasteiger partial charge in [0.05, 0.1) is 5.92 Å². The lowest BCUT2D eigenvalue weighted by atomic mass is 9.99. The van der Waals surface area contributed by atoms with Crippen molar-refractivity contribution in [3.8, 4) is 0 Å². The van der Waals surface area contributed by atoms with E-state index in [2.05, 4.69) is 37.8 Å². The minimum Gasteiger partial charge on any atom is -0.481 e. The van der Waals surface area contributed by atoms with Gasteiger partial charge in [-0.1, -0.05) is 57.9 Å². The standard InChI is InChI=1S/C18H29NO2/c1-5-15(6-2)12-19(7-3)13-16-8-10-17(11-9-16)14(4)18(20)21/h8-11,14-15H,5-7,12-13H2,1-4H3,(H,20,21). The van der Waals surface area contributed by atoms with Gasteiger partial charge in [-0.3, -0.25) is 9.69 Å². The topological polar surface area (TPSA) is 40.5 Å². The predicted molar refractivity (Wildman–Crippen MR) is 87.5 cm³/mol. The number of nitrogens with zero attached hydrogens (tertiary/aromatic N) is 1. The van der Waals surface area contributed by atoms with Gasteiger partial charge in [-0.15, -0.1) is 0 Å². The van der Waals surface area contributed by atoms with Crippen LogP contribution in [0.25, 0.3) is 0 Å². The number of benzene rings is 1. The van der Waals surface area contributed by atoms with E-state index in [4.69, 9.17) is 5.11 Å². The Morgan fingerprint density at radius 3 is 2.14 bits per heavy atom. The molecule has 0 radical (unpaired) electrons. The highest BCUT2D eigenvalue weighted by molar-refractivity contribution is 5.75. The fourth-order valence-corrected chi connectivity index (χ4v) is 2.53. The van der Waals surface area contributed by atoms with Crippen LogP contribution in [-0.2, 0) is 11.3 Å². The van der Waals surface area contributed by atoms with Gasteiger partial charge in [-0.25, -0.2) is 0 Å². The van der Waals surface area contributed by atoms with Gasteiger partial charge in [-0.05, 0) is 30.5 Å². The molecule has 3 heteroatoms. The zero-order chi connectivity index (χ0) is 15.8. The zero-order valence-corrected chi connectivity index (χ0v) is 13.8. The summed E-state index contributed by atoms with van der Waals surface area (Å²) in [5.74, 6) is -0.450. The first kappa shape index (κ1) is 17.7. The maximum Gasteiger partial charge on any atom is 0.310 e. The van der Waals surface area contributed by atoms with Gasteiger partial charge in [0.15, 0.2) is 0 Å². The fourth-order valence-electron chi connectivity index (χ4n) is 2.53. The molecule has 3 nitrogen and oxygen atoms in total. The minimum atomic E-state index is -0.772. The molecule has 0 heterocycles. The van der Waals surface area contributed by atoms with E-state index >= 15 is 0 Å². The molecule has 1 N–H and O–H groups in total. The van der Waals surface area contributed by atoms with E-state index in [0.717, 1.165) is 31.1 Å². The monoisotopic (exact) mass is 291 g/mol. The molecule has 0 bridgehead atoms. The summed E-state index contributed by atoms with van der Waals surface area (Å²) in [5.41, 5.74) is 2.12. The molecule has 1 aromatic rings. The van der Waals surface area contributed by atoms with Crippen LogP contribution in [0.1, 0.15) is 57.6 Å². The summed E-state index contributed by atoms with van der Waals surface area (Å²) in [4.78, 5) is 13.5. The molecule has 1 atom stereocenters. The average Bonchev–Trinajstić information content (AvgIpc) is 2.51. The van der Waals surface area contributed by atoms with E-state index in [9.17, 15) is 4.79 Å². The van der Waals surface area contributed by atoms with Crippen LogP contribution >= 0.6 is 0 Å². The Kier molecular flexibility index (Phi) is 7.44. The van der Waals surface area contributed by atoms with Gasteiger partial charge in [0.1, 0.15) is 0 Å². The van der Waals surface area contributed by atoms with Crippen LogP contribution in [0, 0.1) is 5.92 Å². The lowest BCUT2D eigenvalue weighted by Gasteiger charge is -2.25. The number of rotatable bonds is 9. The number of hydrogen-bond acceptors (Lipinski definition) is 2. The maximum atomic E-state index is 11.0. The molecule has 1 aromatic carbocycles. The third-order valence-corrected chi connectivity index (χ3v) is 4.37. The lowest BCUT2D eigenvalue weighted by molar-refractivity contribution is -0.138. The van der Waals surface area contributed by atoms with Crippen molar-refractivity contribution < 1.29 is 9.90 Å². The van der Waals surface area contributed by atoms with Crippen molar-refractivity contribution in [1.29, 1.82) is 0 Å². The van der Waals surface area contributed by atoms with Crippen LogP contribution in [0.2, 0.25) is 0 Å². The van der Waals surface area contributed by atoms with Crippen molar-refractivity contribution in [3.05, 3.63) is 35.4 Å². The zero-order valence-electron chi connectivity index (χ0n) is 13.8. The van der Waals surface area contributed by atoms with Gasteiger partial charge in [-0.2, -0.15) is 0 Å². The molecular weight excluding hydrogens is 262 g/mol. The maximum absolute atomic E-state index is 11.0. The Balaban J connectivity index is 2.66. The minimum absolute atomic E-state index is 0.439. The van der Waals surface area contributed by atoms with Crippen LogP contribution in [-0.4, -0.2) is 29.1 Å².